The molecule has 0 bridgehead atoms. The van der Waals surface area contributed by atoms with Crippen LogP contribution in [0, 0.1) is 13.8 Å². The summed E-state index contributed by atoms with van der Waals surface area (Å²) < 4.78 is 5.81. The van der Waals surface area contributed by atoms with E-state index in [0.717, 1.165) is 30.4 Å². The van der Waals surface area contributed by atoms with E-state index < -0.39 is 0 Å². The summed E-state index contributed by atoms with van der Waals surface area (Å²) in [5.74, 6) is -0.154. The summed E-state index contributed by atoms with van der Waals surface area (Å²) in [5, 5.41) is 8.66. The third-order valence-electron chi connectivity index (χ3n) is 5.55. The third kappa shape index (κ3) is 7.39. The van der Waals surface area contributed by atoms with Crippen molar-refractivity contribution < 1.29 is 14.3 Å². The summed E-state index contributed by atoms with van der Waals surface area (Å²) in [4.78, 5) is 25.8. The Kier molecular flexibility index (Phi) is 9.38. The van der Waals surface area contributed by atoms with Crippen LogP contribution >= 0.6 is 12.2 Å². The second-order valence-corrected chi connectivity index (χ2v) is 8.67. The fourth-order valence-corrected chi connectivity index (χ4v) is 3.65. The smallest absolute Gasteiger partial charge is 0.261 e. The topological polar surface area (TPSA) is 79.5 Å². The highest BCUT2D eigenvalue weighted by atomic mass is 32.1. The Morgan fingerprint density at radius 2 is 1.54 bits per heavy atom. The van der Waals surface area contributed by atoms with Gasteiger partial charge in [-0.25, -0.2) is 0 Å². The average molecular weight is 490 g/mol. The fourth-order valence-electron chi connectivity index (χ4n) is 3.45. The molecule has 0 saturated carbocycles. The quantitative estimate of drug-likeness (QED) is 0.244. The summed E-state index contributed by atoms with van der Waals surface area (Å²) in [7, 11) is 0. The molecule has 0 aliphatic carbocycles. The van der Waals surface area contributed by atoms with Gasteiger partial charge in [0.05, 0.1) is 23.4 Å². The zero-order valence-electron chi connectivity index (χ0n) is 20.3. The van der Waals surface area contributed by atoms with E-state index in [0.29, 0.717) is 34.9 Å². The molecule has 182 valence electrons. The number of rotatable bonds is 9. The molecule has 0 spiro atoms. The highest BCUT2D eigenvalue weighted by molar-refractivity contribution is 7.80. The zero-order valence-corrected chi connectivity index (χ0v) is 21.1. The molecule has 0 aliphatic heterocycles. The lowest BCUT2D eigenvalue weighted by atomic mass is 10.1. The second-order valence-electron chi connectivity index (χ2n) is 8.26. The molecule has 0 radical (unpaired) electrons. The minimum atomic E-state index is -0.384. The van der Waals surface area contributed by atoms with Gasteiger partial charge in [-0.15, -0.1) is 0 Å². The van der Waals surface area contributed by atoms with Gasteiger partial charge in [-0.2, -0.15) is 0 Å². The van der Waals surface area contributed by atoms with E-state index in [9.17, 15) is 9.59 Å². The maximum absolute atomic E-state index is 12.9. The maximum Gasteiger partial charge on any atom is 0.261 e. The number of carbonyl (C=O) groups excluding carboxylic acids is 2. The Hall–Kier alpha value is -3.71. The second kappa shape index (κ2) is 12.7. The Balaban J connectivity index is 1.66. The number of nitrogens with one attached hydrogen (secondary N) is 3. The Bertz CT molecular complexity index is 1210. The van der Waals surface area contributed by atoms with Gasteiger partial charge in [0.2, 0.25) is 0 Å². The molecule has 0 aliphatic rings. The lowest BCUT2D eigenvalue weighted by Crippen LogP contribution is -2.35. The molecule has 0 aromatic heterocycles. The first kappa shape index (κ1) is 25.9. The van der Waals surface area contributed by atoms with Crippen LogP contribution < -0.4 is 20.7 Å². The minimum Gasteiger partial charge on any atom is -0.493 e. The molecule has 0 unspecified atom stereocenters. The molecule has 3 rings (SSSR count). The molecule has 0 heterocycles. The van der Waals surface area contributed by atoms with E-state index in [4.69, 9.17) is 17.0 Å². The molecule has 0 fully saturated rings. The SMILES string of the molecule is CCCCCOc1ccccc1C(=O)NC(=S)Nc1ccccc1C(=O)Nc1ccc(C)c(C)c1. The van der Waals surface area contributed by atoms with Crippen molar-refractivity contribution >= 4 is 40.5 Å². The summed E-state index contributed by atoms with van der Waals surface area (Å²) in [6.07, 6.45) is 3.09. The first-order chi connectivity index (χ1) is 16.9. The molecule has 7 heteroatoms. The standard InChI is InChI=1S/C28H31N3O3S/c1-4-5-10-17-34-25-14-9-7-12-23(25)27(33)31-28(35)30-24-13-8-6-11-22(24)26(32)29-21-16-15-19(2)20(3)18-21/h6-9,11-16,18H,4-5,10,17H2,1-3H3,(H,29,32)(H2,30,31,33,35). The number of unbranched alkanes of at least 4 members (excludes halogenated alkanes) is 2. The van der Waals surface area contributed by atoms with Gasteiger partial charge in [-0.05, 0) is 80.0 Å². The molecular weight excluding hydrogens is 458 g/mol. The van der Waals surface area contributed by atoms with Crippen LogP contribution in [-0.2, 0) is 0 Å². The number of carbonyl (C=O) groups is 2. The highest BCUT2D eigenvalue weighted by Crippen LogP contribution is 2.21. The van der Waals surface area contributed by atoms with Crippen molar-refractivity contribution in [3.05, 3.63) is 89.0 Å². The van der Waals surface area contributed by atoms with Crippen LogP contribution in [0.3, 0.4) is 0 Å². The van der Waals surface area contributed by atoms with E-state index in [1.165, 1.54) is 0 Å². The number of hydrogen-bond donors (Lipinski definition) is 3. The van der Waals surface area contributed by atoms with Gasteiger partial charge in [0.25, 0.3) is 11.8 Å². The number of amides is 2. The van der Waals surface area contributed by atoms with Gasteiger partial charge >= 0.3 is 0 Å². The number of aryl methyl sites for hydroxylation is 2. The molecule has 6 nitrogen and oxygen atoms in total. The molecular formula is C28H31N3O3S. The lowest BCUT2D eigenvalue weighted by Gasteiger charge is -2.15. The number of anilines is 2. The number of thiocarbonyl (C=S) groups is 1. The Morgan fingerprint density at radius 1 is 0.829 bits per heavy atom. The van der Waals surface area contributed by atoms with Crippen LogP contribution in [0.25, 0.3) is 0 Å². The van der Waals surface area contributed by atoms with Crippen LogP contribution in [-0.4, -0.2) is 23.5 Å². The minimum absolute atomic E-state index is 0.0854. The van der Waals surface area contributed by atoms with Crippen molar-refractivity contribution in [2.75, 3.05) is 17.2 Å². The van der Waals surface area contributed by atoms with E-state index in [1.807, 2.05) is 38.1 Å². The number of para-hydroxylation sites is 2. The average Bonchev–Trinajstić information content (AvgIpc) is 2.84. The van der Waals surface area contributed by atoms with Crippen molar-refractivity contribution in [1.82, 2.24) is 5.32 Å². The van der Waals surface area contributed by atoms with Crippen molar-refractivity contribution in [2.24, 2.45) is 0 Å². The predicted octanol–water partition coefficient (Wildman–Crippen LogP) is 6.25. The monoisotopic (exact) mass is 489 g/mol. The maximum atomic E-state index is 12.9. The predicted molar refractivity (Wildman–Crippen MR) is 145 cm³/mol. The fraction of sp³-hybridized carbons (Fsp3) is 0.250. The van der Waals surface area contributed by atoms with Gasteiger partial charge in [0.1, 0.15) is 5.75 Å². The first-order valence-corrected chi connectivity index (χ1v) is 12.1. The van der Waals surface area contributed by atoms with Crippen LogP contribution in [0.5, 0.6) is 5.75 Å². The summed E-state index contributed by atoms with van der Waals surface area (Å²) in [5.41, 5.74) is 4.24. The van der Waals surface area contributed by atoms with Gasteiger partial charge in [-0.1, -0.05) is 50.1 Å². The van der Waals surface area contributed by atoms with Crippen molar-refractivity contribution in [3.63, 3.8) is 0 Å². The summed E-state index contributed by atoms with van der Waals surface area (Å²) in [6.45, 7) is 6.69. The number of benzene rings is 3. The normalized spacial score (nSPS) is 10.4. The number of hydrogen-bond acceptors (Lipinski definition) is 4. The molecule has 35 heavy (non-hydrogen) atoms. The largest absolute Gasteiger partial charge is 0.493 e. The van der Waals surface area contributed by atoms with E-state index in [1.54, 1.807) is 42.5 Å². The molecule has 3 N–H and O–H groups in total. The van der Waals surface area contributed by atoms with Gasteiger partial charge in [-0.3, -0.25) is 14.9 Å². The van der Waals surface area contributed by atoms with Crippen LogP contribution in [0.15, 0.2) is 66.7 Å². The molecule has 3 aromatic carbocycles. The Labute approximate surface area is 212 Å². The first-order valence-electron chi connectivity index (χ1n) is 11.7. The highest BCUT2D eigenvalue weighted by Gasteiger charge is 2.16. The zero-order chi connectivity index (χ0) is 25.2. The van der Waals surface area contributed by atoms with E-state index in [-0.39, 0.29) is 16.9 Å². The molecule has 3 aromatic rings. The number of ether oxygens (including phenoxy) is 1. The third-order valence-corrected chi connectivity index (χ3v) is 5.75. The lowest BCUT2D eigenvalue weighted by molar-refractivity contribution is 0.0972. The van der Waals surface area contributed by atoms with Crippen LogP contribution in [0.4, 0.5) is 11.4 Å². The molecule has 2 amide bonds. The molecule has 0 atom stereocenters. The van der Waals surface area contributed by atoms with Gasteiger partial charge in [0, 0.05) is 5.69 Å². The van der Waals surface area contributed by atoms with Crippen LogP contribution in [0.1, 0.15) is 58.0 Å². The Morgan fingerprint density at radius 3 is 2.29 bits per heavy atom. The van der Waals surface area contributed by atoms with Crippen molar-refractivity contribution in [3.8, 4) is 5.75 Å². The van der Waals surface area contributed by atoms with E-state index >= 15 is 0 Å². The summed E-state index contributed by atoms with van der Waals surface area (Å²) >= 11 is 5.37. The summed E-state index contributed by atoms with van der Waals surface area (Å²) in [6, 6.07) is 19.8. The van der Waals surface area contributed by atoms with Gasteiger partial charge in [0.15, 0.2) is 5.11 Å². The van der Waals surface area contributed by atoms with E-state index in [2.05, 4.69) is 22.9 Å². The van der Waals surface area contributed by atoms with Crippen molar-refractivity contribution in [1.29, 1.82) is 0 Å². The van der Waals surface area contributed by atoms with Crippen LogP contribution in [0.2, 0.25) is 0 Å². The molecule has 0 saturated heterocycles. The van der Waals surface area contributed by atoms with Gasteiger partial charge < -0.3 is 15.4 Å². The van der Waals surface area contributed by atoms with Crippen molar-refractivity contribution in [2.45, 2.75) is 40.0 Å².